The molecule has 0 saturated carbocycles. The SMILES string of the molecule is Cc1ccc(-c2c3nc(c(-c4c5nc(c(-c6ccc(C)cc6)c6ccc([nH]6)c(Nc6ccccc6)c6nc(c(-c7ccc(C)cc7)c7ccc4[nH]7)C=C6)C=C5)c4ccc([nH]4)c(-c4ccc(C)cc4)c4nc(c(Nc5ccccc5)c5ccc2[nH]5)C=C4)C=C3)cc1. The number of anilines is 4. The van der Waals surface area contributed by atoms with Gasteiger partial charge < -0.3 is 30.6 Å². The second-order valence-electron chi connectivity index (χ2n) is 23.5. The lowest BCUT2D eigenvalue weighted by Gasteiger charge is -2.09. The van der Waals surface area contributed by atoms with Gasteiger partial charge in [0.2, 0.25) is 0 Å². The number of H-pyrrole nitrogens is 4. The van der Waals surface area contributed by atoms with E-state index in [4.69, 9.17) is 19.9 Å². The molecule has 4 aliphatic rings. The maximum absolute atomic E-state index is 5.80. The van der Waals surface area contributed by atoms with Gasteiger partial charge in [-0.3, -0.25) is 0 Å². The molecule has 0 aliphatic carbocycles. The van der Waals surface area contributed by atoms with Crippen LogP contribution in [0.2, 0.25) is 0 Å². The molecule has 6 aromatic heterocycles. The Labute approximate surface area is 520 Å². The van der Waals surface area contributed by atoms with E-state index in [1.165, 1.54) is 22.3 Å². The Hall–Kier alpha value is -11.9. The van der Waals surface area contributed by atoms with Crippen molar-refractivity contribution in [1.82, 2.24) is 39.9 Å². The molecule has 4 aliphatic heterocycles. The summed E-state index contributed by atoms with van der Waals surface area (Å²) in [7, 11) is 0. The van der Waals surface area contributed by atoms with Gasteiger partial charge in [0.15, 0.2) is 0 Å². The van der Waals surface area contributed by atoms with Gasteiger partial charge >= 0.3 is 0 Å². The summed E-state index contributed by atoms with van der Waals surface area (Å²) in [6, 6.07) is 72.7. The first-order valence-electron chi connectivity index (χ1n) is 30.4. The van der Waals surface area contributed by atoms with E-state index in [9.17, 15) is 0 Å². The first kappa shape index (κ1) is 53.6. The van der Waals surface area contributed by atoms with Gasteiger partial charge in [-0.1, -0.05) is 156 Å². The minimum absolute atomic E-state index is 0.756. The molecule has 6 aromatic carbocycles. The summed E-state index contributed by atoms with van der Waals surface area (Å²) >= 11 is 0. The molecule has 0 amide bonds. The van der Waals surface area contributed by atoms with E-state index in [2.05, 4.69) is 277 Å². The number of aromatic nitrogens is 8. The van der Waals surface area contributed by atoms with E-state index in [0.717, 1.165) is 168 Å². The number of para-hydroxylation sites is 2. The van der Waals surface area contributed by atoms with Crippen molar-refractivity contribution < 1.29 is 0 Å². The molecule has 16 rings (SSSR count). The molecule has 0 saturated heterocycles. The minimum atomic E-state index is 0.756. The van der Waals surface area contributed by atoms with Gasteiger partial charge in [0.05, 0.1) is 68.0 Å². The van der Waals surface area contributed by atoms with Crippen molar-refractivity contribution in [3.8, 4) is 55.6 Å². The quantitative estimate of drug-likeness (QED) is 0.0851. The number of rotatable bonds is 9. The van der Waals surface area contributed by atoms with E-state index < -0.39 is 0 Å². The Bertz CT molecular complexity index is 4920. The van der Waals surface area contributed by atoms with Crippen LogP contribution in [-0.2, 0) is 0 Å². The highest BCUT2D eigenvalue weighted by molar-refractivity contribution is 6.06. The van der Waals surface area contributed by atoms with Crippen LogP contribution in [0.3, 0.4) is 0 Å². The molecule has 16 bridgehead atoms. The lowest BCUT2D eigenvalue weighted by molar-refractivity contribution is 1.29. The van der Waals surface area contributed by atoms with E-state index in [1.54, 1.807) is 0 Å². The predicted octanol–water partition coefficient (Wildman–Crippen LogP) is 20.7. The molecule has 0 radical (unpaired) electrons. The average Bonchev–Trinajstić information content (AvgIpc) is 1.65. The van der Waals surface area contributed by atoms with Crippen LogP contribution in [0.15, 0.2) is 206 Å². The number of nitrogens with zero attached hydrogens (tertiary/aromatic N) is 4. The molecule has 10 nitrogen and oxygen atoms in total. The van der Waals surface area contributed by atoms with Crippen LogP contribution in [-0.4, -0.2) is 39.9 Å². The Morgan fingerprint density at radius 3 is 0.733 bits per heavy atom. The van der Waals surface area contributed by atoms with Gasteiger partial charge in [0.25, 0.3) is 0 Å². The molecule has 0 fully saturated rings. The summed E-state index contributed by atoms with van der Waals surface area (Å²) < 4.78 is 0. The van der Waals surface area contributed by atoms with Gasteiger partial charge in [-0.15, -0.1) is 0 Å². The van der Waals surface area contributed by atoms with Crippen LogP contribution >= 0.6 is 0 Å². The molecule has 0 atom stereocenters. The molecule has 0 unspecified atom stereocenters. The van der Waals surface area contributed by atoms with Gasteiger partial charge in [-0.05, 0) is 171 Å². The van der Waals surface area contributed by atoms with Gasteiger partial charge in [0, 0.05) is 77.9 Å². The zero-order valence-corrected chi connectivity index (χ0v) is 50.0. The van der Waals surface area contributed by atoms with Crippen molar-refractivity contribution in [2.45, 2.75) is 27.7 Å². The van der Waals surface area contributed by atoms with Crippen LogP contribution in [0.5, 0.6) is 0 Å². The lowest BCUT2D eigenvalue weighted by atomic mass is 10.0. The normalized spacial score (nSPS) is 12.3. The molecular weight excluding hydrogens is 1100 g/mol. The summed E-state index contributed by atoms with van der Waals surface area (Å²) in [4.78, 5) is 38.6. The second kappa shape index (κ2) is 22.1. The molecule has 430 valence electrons. The molecule has 10 heterocycles. The third-order valence-electron chi connectivity index (χ3n) is 17.2. The van der Waals surface area contributed by atoms with Gasteiger partial charge in [0.1, 0.15) is 0 Å². The lowest BCUT2D eigenvalue weighted by Crippen LogP contribution is -1.94. The number of aryl methyl sites for hydroxylation is 4. The number of hydrogen-bond donors (Lipinski definition) is 6. The fraction of sp³-hybridized carbons (Fsp3) is 0.0500. The summed E-state index contributed by atoms with van der Waals surface area (Å²) in [6.45, 7) is 8.49. The second-order valence-corrected chi connectivity index (χ2v) is 23.5. The zero-order chi connectivity index (χ0) is 60.4. The first-order chi connectivity index (χ1) is 44.2. The molecule has 10 heteroatoms. The first-order valence-corrected chi connectivity index (χ1v) is 30.4. The van der Waals surface area contributed by atoms with Crippen molar-refractivity contribution >= 4 is 115 Å². The summed E-state index contributed by atoms with van der Waals surface area (Å²) in [5, 5.41) is 7.54. The topological polar surface area (TPSA) is 139 Å². The average molecular weight is 1160 g/mol. The van der Waals surface area contributed by atoms with Crippen LogP contribution in [0.4, 0.5) is 22.7 Å². The highest BCUT2D eigenvalue weighted by atomic mass is 14.9. The number of fused-ring (bicyclic) bond motifs is 16. The Kier molecular flexibility index (Phi) is 13.2. The third kappa shape index (κ3) is 9.92. The maximum Gasteiger partial charge on any atom is 0.0894 e. The fourth-order valence-electron chi connectivity index (χ4n) is 12.6. The fourth-order valence-corrected chi connectivity index (χ4v) is 12.6. The Morgan fingerprint density at radius 1 is 0.222 bits per heavy atom. The molecule has 12 aromatic rings. The van der Waals surface area contributed by atoms with Gasteiger partial charge in [-0.2, -0.15) is 0 Å². The molecular formula is C80H60N10. The standard InChI is InChI=1S/C80H60N10/c1-47-15-23-51(24-16-47)73-57-31-35-65(83-57)77(66-36-32-58(84-66)74(52-25-17-48(2)18-26-52)62-40-44-70(88-62)79(69-43-39-61(73)87-69)81-55-11-7-5-8-12-55)78-67-37-33-59(85-67)75(53-27-19-49(3)20-28-53)63-41-45-71(89-63)80(82-56-13-9-6-10-14-56)72-46-42-64(90-72)76(60-34-38-68(78)86-60)54-29-21-50(4)22-30-54/h5-46,81-83,85,88,90H,1-4H3. The van der Waals surface area contributed by atoms with Crippen LogP contribution in [0, 0.1) is 27.7 Å². The predicted molar refractivity (Wildman–Crippen MR) is 377 cm³/mol. The largest absolute Gasteiger partial charge is 0.354 e. The number of aromatic amines is 4. The number of nitrogens with one attached hydrogen (secondary N) is 6. The van der Waals surface area contributed by atoms with Crippen molar-refractivity contribution in [1.29, 1.82) is 0 Å². The van der Waals surface area contributed by atoms with Gasteiger partial charge in [-0.25, -0.2) is 19.9 Å². The highest BCUT2D eigenvalue weighted by Crippen LogP contribution is 2.43. The Morgan fingerprint density at radius 2 is 0.444 bits per heavy atom. The summed E-state index contributed by atoms with van der Waals surface area (Å²) in [6.07, 6.45) is 17.1. The van der Waals surface area contributed by atoms with Crippen molar-refractivity contribution in [2.24, 2.45) is 0 Å². The number of benzene rings is 6. The highest BCUT2D eigenvalue weighted by Gasteiger charge is 2.24. The molecule has 6 N–H and O–H groups in total. The van der Waals surface area contributed by atoms with Crippen LogP contribution in [0.1, 0.15) is 67.8 Å². The smallest absolute Gasteiger partial charge is 0.0894 e. The van der Waals surface area contributed by atoms with E-state index in [1.807, 2.05) is 36.4 Å². The van der Waals surface area contributed by atoms with E-state index in [-0.39, 0.29) is 0 Å². The molecule has 90 heavy (non-hydrogen) atoms. The Balaban J connectivity index is 1.07. The molecule has 0 spiro atoms. The maximum atomic E-state index is 5.80. The third-order valence-corrected chi connectivity index (χ3v) is 17.2. The minimum Gasteiger partial charge on any atom is -0.354 e. The zero-order valence-electron chi connectivity index (χ0n) is 50.0. The van der Waals surface area contributed by atoms with Crippen molar-refractivity contribution in [2.75, 3.05) is 10.6 Å². The number of hydrogen-bond acceptors (Lipinski definition) is 6. The monoisotopic (exact) mass is 1160 g/mol. The van der Waals surface area contributed by atoms with Crippen LogP contribution in [0.25, 0.3) is 148 Å². The summed E-state index contributed by atoms with van der Waals surface area (Å²) in [5.41, 5.74) is 31.3. The van der Waals surface area contributed by atoms with Crippen LogP contribution < -0.4 is 10.6 Å². The van der Waals surface area contributed by atoms with E-state index >= 15 is 0 Å². The van der Waals surface area contributed by atoms with E-state index in [0.29, 0.717) is 0 Å². The summed E-state index contributed by atoms with van der Waals surface area (Å²) in [5.74, 6) is 0. The van der Waals surface area contributed by atoms with Crippen molar-refractivity contribution in [3.05, 3.63) is 274 Å². The van der Waals surface area contributed by atoms with Crippen molar-refractivity contribution in [3.63, 3.8) is 0 Å².